The molecule has 29 heavy (non-hydrogen) atoms. The molecule has 2 amide bonds. The molecule has 1 aromatic heterocycles. The molecule has 1 atom stereocenters. The molecule has 1 fully saturated rings. The number of anilines is 1. The minimum absolute atomic E-state index is 0.0350. The maximum atomic E-state index is 13.1. The van der Waals surface area contributed by atoms with Crippen molar-refractivity contribution >= 4 is 11.7 Å². The average molecular weight is 410 g/mol. The van der Waals surface area contributed by atoms with Crippen LogP contribution in [0.4, 0.5) is 23.7 Å². The summed E-state index contributed by atoms with van der Waals surface area (Å²) in [5.41, 5.74) is -0.452. The van der Waals surface area contributed by atoms with E-state index < -0.39 is 17.8 Å². The molecule has 0 saturated carbocycles. The van der Waals surface area contributed by atoms with Crippen molar-refractivity contribution in [2.75, 3.05) is 45.1 Å². The lowest BCUT2D eigenvalue weighted by atomic mass is 10.1. The molecule has 158 valence electrons. The van der Waals surface area contributed by atoms with Gasteiger partial charge in [0.2, 0.25) is 0 Å². The summed E-state index contributed by atoms with van der Waals surface area (Å²) in [6.45, 7) is 6.32. The first-order valence-electron chi connectivity index (χ1n) is 9.42. The summed E-state index contributed by atoms with van der Waals surface area (Å²) >= 11 is 0. The number of rotatable bonds is 5. The Morgan fingerprint density at radius 1 is 1.24 bits per heavy atom. The molecule has 3 rings (SSSR count). The van der Waals surface area contributed by atoms with Crippen LogP contribution < -0.4 is 10.6 Å². The SMILES string of the molecule is CC(CN1CCN(C)CC1)NC(=O)Nc1cc(C(F)(F)F)ccc1-n1cccn1. The van der Waals surface area contributed by atoms with E-state index in [1.807, 2.05) is 6.92 Å². The monoisotopic (exact) mass is 410 g/mol. The Balaban J connectivity index is 1.68. The molecule has 0 radical (unpaired) electrons. The average Bonchev–Trinajstić information content (AvgIpc) is 3.17. The Labute approximate surface area is 167 Å². The number of urea groups is 1. The summed E-state index contributed by atoms with van der Waals surface area (Å²) in [5.74, 6) is 0. The second kappa shape index (κ2) is 8.83. The lowest BCUT2D eigenvalue weighted by Gasteiger charge is -2.34. The largest absolute Gasteiger partial charge is 0.416 e. The third-order valence-corrected chi connectivity index (χ3v) is 4.83. The van der Waals surface area contributed by atoms with Crippen molar-refractivity contribution in [1.29, 1.82) is 0 Å². The van der Waals surface area contributed by atoms with Crippen LogP contribution in [0.15, 0.2) is 36.7 Å². The minimum atomic E-state index is -4.51. The molecule has 1 aliphatic rings. The number of nitrogens with zero attached hydrogens (tertiary/aromatic N) is 4. The van der Waals surface area contributed by atoms with Gasteiger partial charge >= 0.3 is 12.2 Å². The predicted molar refractivity (Wildman–Crippen MR) is 104 cm³/mol. The molecule has 0 aliphatic carbocycles. The van der Waals surface area contributed by atoms with Crippen LogP contribution in [-0.4, -0.2) is 71.4 Å². The van der Waals surface area contributed by atoms with Gasteiger partial charge in [0.05, 0.1) is 16.9 Å². The van der Waals surface area contributed by atoms with Crippen molar-refractivity contribution in [3.63, 3.8) is 0 Å². The maximum absolute atomic E-state index is 13.1. The number of carbonyl (C=O) groups excluding carboxylic acids is 1. The number of piperazine rings is 1. The number of alkyl halides is 3. The Morgan fingerprint density at radius 2 is 1.97 bits per heavy atom. The van der Waals surface area contributed by atoms with Gasteiger partial charge in [-0.3, -0.25) is 4.90 Å². The van der Waals surface area contributed by atoms with E-state index in [9.17, 15) is 18.0 Å². The van der Waals surface area contributed by atoms with Crippen LogP contribution in [0.3, 0.4) is 0 Å². The van der Waals surface area contributed by atoms with Crippen molar-refractivity contribution in [2.45, 2.75) is 19.1 Å². The fourth-order valence-corrected chi connectivity index (χ4v) is 3.27. The van der Waals surface area contributed by atoms with Crippen molar-refractivity contribution in [3.8, 4) is 5.69 Å². The molecule has 10 heteroatoms. The second-order valence-corrected chi connectivity index (χ2v) is 7.28. The van der Waals surface area contributed by atoms with E-state index in [1.54, 1.807) is 12.3 Å². The zero-order chi connectivity index (χ0) is 21.0. The molecule has 2 heterocycles. The van der Waals surface area contributed by atoms with E-state index in [2.05, 4.69) is 32.6 Å². The molecule has 2 N–H and O–H groups in total. The third kappa shape index (κ3) is 5.70. The van der Waals surface area contributed by atoms with E-state index in [0.717, 1.165) is 38.3 Å². The van der Waals surface area contributed by atoms with Crippen LogP contribution in [0.1, 0.15) is 12.5 Å². The third-order valence-electron chi connectivity index (χ3n) is 4.83. The lowest BCUT2D eigenvalue weighted by Crippen LogP contribution is -2.50. The number of halogens is 3. The second-order valence-electron chi connectivity index (χ2n) is 7.28. The van der Waals surface area contributed by atoms with Crippen molar-refractivity contribution in [2.24, 2.45) is 0 Å². The summed E-state index contributed by atoms with van der Waals surface area (Å²) in [4.78, 5) is 16.9. The highest BCUT2D eigenvalue weighted by atomic mass is 19.4. The standard InChI is InChI=1S/C19H25F3N6O/c1-14(13-27-10-8-26(2)9-11-27)24-18(29)25-16-12-15(19(20,21)22)4-5-17(16)28-7-3-6-23-28/h3-7,12,14H,8-11,13H2,1-2H3,(H2,24,25,29). The summed E-state index contributed by atoms with van der Waals surface area (Å²) in [6.07, 6.45) is -1.40. The number of nitrogens with one attached hydrogen (secondary N) is 2. The number of amides is 2. The molecule has 1 saturated heterocycles. The quantitative estimate of drug-likeness (QED) is 0.796. The van der Waals surface area contributed by atoms with Gasteiger partial charge in [-0.1, -0.05) is 0 Å². The highest BCUT2D eigenvalue weighted by molar-refractivity contribution is 5.91. The lowest BCUT2D eigenvalue weighted by molar-refractivity contribution is -0.137. The van der Waals surface area contributed by atoms with E-state index in [1.165, 1.54) is 16.9 Å². The Hall–Kier alpha value is -2.59. The van der Waals surface area contributed by atoms with Crippen molar-refractivity contribution in [1.82, 2.24) is 24.9 Å². The summed E-state index contributed by atoms with van der Waals surface area (Å²) in [5, 5.41) is 9.39. The highest BCUT2D eigenvalue weighted by Crippen LogP contribution is 2.33. The van der Waals surface area contributed by atoms with Crippen molar-refractivity contribution in [3.05, 3.63) is 42.2 Å². The van der Waals surface area contributed by atoms with Gasteiger partial charge in [0, 0.05) is 51.2 Å². The van der Waals surface area contributed by atoms with Gasteiger partial charge in [-0.15, -0.1) is 0 Å². The normalized spacial score (nSPS) is 17.1. The van der Waals surface area contributed by atoms with Crippen LogP contribution in [-0.2, 0) is 6.18 Å². The van der Waals surface area contributed by atoms with Gasteiger partial charge in [0.1, 0.15) is 0 Å². The Kier molecular flexibility index (Phi) is 6.43. The first kappa shape index (κ1) is 21.1. The van der Waals surface area contributed by atoms with E-state index >= 15 is 0 Å². The van der Waals surface area contributed by atoms with Gasteiger partial charge in [-0.25, -0.2) is 9.48 Å². The zero-order valence-corrected chi connectivity index (χ0v) is 16.4. The van der Waals surface area contributed by atoms with Gasteiger partial charge in [-0.05, 0) is 38.2 Å². The molecule has 1 aromatic carbocycles. The van der Waals surface area contributed by atoms with Gasteiger partial charge in [-0.2, -0.15) is 18.3 Å². The zero-order valence-electron chi connectivity index (χ0n) is 16.4. The summed E-state index contributed by atoms with van der Waals surface area (Å²) < 4.78 is 40.8. The smallest absolute Gasteiger partial charge is 0.334 e. The molecule has 0 spiro atoms. The fraction of sp³-hybridized carbons (Fsp3) is 0.474. The van der Waals surface area contributed by atoms with Gasteiger partial charge in [0.25, 0.3) is 0 Å². The molecular weight excluding hydrogens is 385 g/mol. The minimum Gasteiger partial charge on any atom is -0.334 e. The number of likely N-dealkylation sites (N-methyl/N-ethyl adjacent to an activating group) is 1. The number of hydrogen-bond acceptors (Lipinski definition) is 4. The summed E-state index contributed by atoms with van der Waals surface area (Å²) in [7, 11) is 2.07. The molecule has 1 unspecified atom stereocenters. The first-order chi connectivity index (χ1) is 13.7. The molecular formula is C19H25F3N6O. The van der Waals surface area contributed by atoms with E-state index in [-0.39, 0.29) is 11.7 Å². The molecule has 7 nitrogen and oxygen atoms in total. The Morgan fingerprint density at radius 3 is 2.59 bits per heavy atom. The number of carbonyl (C=O) groups is 1. The van der Waals surface area contributed by atoms with E-state index in [4.69, 9.17) is 0 Å². The fourth-order valence-electron chi connectivity index (χ4n) is 3.27. The van der Waals surface area contributed by atoms with Crippen LogP contribution in [0, 0.1) is 0 Å². The first-order valence-corrected chi connectivity index (χ1v) is 9.42. The highest BCUT2D eigenvalue weighted by Gasteiger charge is 2.31. The Bertz CT molecular complexity index is 816. The number of benzene rings is 1. The number of hydrogen-bond donors (Lipinski definition) is 2. The van der Waals surface area contributed by atoms with Crippen LogP contribution in [0.25, 0.3) is 5.69 Å². The van der Waals surface area contributed by atoms with E-state index in [0.29, 0.717) is 12.2 Å². The topological polar surface area (TPSA) is 65.4 Å². The molecule has 2 aromatic rings. The van der Waals surface area contributed by atoms with Gasteiger partial charge < -0.3 is 15.5 Å². The number of aromatic nitrogens is 2. The molecule has 0 bridgehead atoms. The van der Waals surface area contributed by atoms with Gasteiger partial charge in [0.15, 0.2) is 0 Å². The van der Waals surface area contributed by atoms with Crippen LogP contribution in [0.2, 0.25) is 0 Å². The molecule has 1 aliphatic heterocycles. The van der Waals surface area contributed by atoms with Crippen LogP contribution in [0.5, 0.6) is 0 Å². The maximum Gasteiger partial charge on any atom is 0.416 e. The summed E-state index contributed by atoms with van der Waals surface area (Å²) in [6, 6.07) is 4.12. The van der Waals surface area contributed by atoms with Crippen molar-refractivity contribution < 1.29 is 18.0 Å². The van der Waals surface area contributed by atoms with Crippen LogP contribution >= 0.6 is 0 Å². The predicted octanol–water partition coefficient (Wildman–Crippen LogP) is 2.65.